The van der Waals surface area contributed by atoms with Crippen molar-refractivity contribution < 1.29 is 4.84 Å². The molecule has 0 heterocycles. The van der Waals surface area contributed by atoms with Crippen molar-refractivity contribution in [3.05, 3.63) is 35.9 Å². The lowest BCUT2D eigenvalue weighted by molar-refractivity contribution is -0.0147. The highest BCUT2D eigenvalue weighted by atomic mass is 16.6. The molecule has 1 saturated carbocycles. The van der Waals surface area contributed by atoms with E-state index in [9.17, 15) is 0 Å². The van der Waals surface area contributed by atoms with E-state index >= 15 is 0 Å². The molecule has 0 bridgehead atoms. The molecule has 1 fully saturated rings. The molecule has 0 amide bonds. The van der Waals surface area contributed by atoms with Gasteiger partial charge in [0.1, 0.15) is 0 Å². The molecule has 0 spiro atoms. The predicted molar refractivity (Wildman–Crippen MR) is 70.3 cm³/mol. The second kappa shape index (κ2) is 6.18. The topological polar surface area (TPSA) is 21.3 Å². The van der Waals surface area contributed by atoms with Gasteiger partial charge in [-0.15, -0.1) is 0 Å². The largest absolute Gasteiger partial charge is 0.297 e. The molecule has 0 aromatic heterocycles. The fourth-order valence-electron chi connectivity index (χ4n) is 2.86. The van der Waals surface area contributed by atoms with Gasteiger partial charge in [-0.05, 0) is 36.7 Å². The quantitative estimate of drug-likeness (QED) is 0.803. The summed E-state index contributed by atoms with van der Waals surface area (Å²) in [5, 5.41) is 0. The van der Waals surface area contributed by atoms with Crippen LogP contribution in [0, 0.1) is 11.8 Å². The lowest BCUT2D eigenvalue weighted by Gasteiger charge is -2.31. The summed E-state index contributed by atoms with van der Waals surface area (Å²) in [6, 6.07) is 10.8. The van der Waals surface area contributed by atoms with Gasteiger partial charge in [0.05, 0.1) is 6.61 Å². The summed E-state index contributed by atoms with van der Waals surface area (Å²) in [6.07, 6.45) is 3.83. The SMILES string of the molecule is CC1CC(C)CC(NOCc2ccccc2)C1. The molecule has 94 valence electrons. The van der Waals surface area contributed by atoms with Crippen molar-refractivity contribution in [1.82, 2.24) is 5.48 Å². The predicted octanol–water partition coefficient (Wildman–Crippen LogP) is 3.53. The first-order valence-corrected chi connectivity index (χ1v) is 6.65. The second-order valence-corrected chi connectivity index (χ2v) is 5.51. The van der Waals surface area contributed by atoms with Gasteiger partial charge in [0.25, 0.3) is 0 Å². The Labute approximate surface area is 104 Å². The lowest BCUT2D eigenvalue weighted by Crippen LogP contribution is -2.36. The van der Waals surface area contributed by atoms with Crippen molar-refractivity contribution in [2.45, 2.75) is 45.8 Å². The van der Waals surface area contributed by atoms with Crippen molar-refractivity contribution >= 4 is 0 Å². The van der Waals surface area contributed by atoms with Crippen LogP contribution in [-0.2, 0) is 11.4 Å². The van der Waals surface area contributed by atoms with Gasteiger partial charge in [0, 0.05) is 6.04 Å². The third-order valence-electron chi connectivity index (χ3n) is 3.51. The Balaban J connectivity index is 1.71. The summed E-state index contributed by atoms with van der Waals surface area (Å²) in [6.45, 7) is 5.32. The molecule has 1 aromatic rings. The number of hydroxylamine groups is 1. The minimum Gasteiger partial charge on any atom is -0.297 e. The molecule has 1 aliphatic carbocycles. The van der Waals surface area contributed by atoms with Crippen molar-refractivity contribution in [2.24, 2.45) is 11.8 Å². The first-order chi connectivity index (χ1) is 8.24. The average Bonchev–Trinajstić information content (AvgIpc) is 2.29. The highest BCUT2D eigenvalue weighted by Crippen LogP contribution is 2.28. The van der Waals surface area contributed by atoms with E-state index < -0.39 is 0 Å². The number of nitrogens with one attached hydrogen (secondary N) is 1. The Kier molecular flexibility index (Phi) is 4.57. The van der Waals surface area contributed by atoms with Crippen molar-refractivity contribution in [3.63, 3.8) is 0 Å². The molecule has 2 rings (SSSR count). The Hall–Kier alpha value is -0.860. The highest BCUT2D eigenvalue weighted by Gasteiger charge is 2.23. The number of benzene rings is 1. The van der Waals surface area contributed by atoms with Crippen LogP contribution in [-0.4, -0.2) is 6.04 Å². The molecule has 2 unspecified atom stereocenters. The normalized spacial score (nSPS) is 29.2. The van der Waals surface area contributed by atoms with Crippen LogP contribution in [0.15, 0.2) is 30.3 Å². The van der Waals surface area contributed by atoms with Crippen LogP contribution in [0.25, 0.3) is 0 Å². The number of hydrogen-bond acceptors (Lipinski definition) is 2. The fourth-order valence-corrected chi connectivity index (χ4v) is 2.86. The van der Waals surface area contributed by atoms with Crippen LogP contribution >= 0.6 is 0 Å². The van der Waals surface area contributed by atoms with E-state index in [2.05, 4.69) is 31.5 Å². The molecule has 0 aliphatic heterocycles. The maximum absolute atomic E-state index is 5.61. The van der Waals surface area contributed by atoms with E-state index in [1.54, 1.807) is 0 Å². The van der Waals surface area contributed by atoms with Gasteiger partial charge in [-0.2, -0.15) is 5.48 Å². The van der Waals surface area contributed by atoms with Gasteiger partial charge in [-0.25, -0.2) is 0 Å². The summed E-state index contributed by atoms with van der Waals surface area (Å²) < 4.78 is 0. The summed E-state index contributed by atoms with van der Waals surface area (Å²) >= 11 is 0. The minimum atomic E-state index is 0.525. The van der Waals surface area contributed by atoms with E-state index in [4.69, 9.17) is 4.84 Å². The smallest absolute Gasteiger partial charge is 0.0933 e. The van der Waals surface area contributed by atoms with E-state index in [-0.39, 0.29) is 0 Å². The maximum atomic E-state index is 5.61. The third kappa shape index (κ3) is 4.14. The monoisotopic (exact) mass is 233 g/mol. The van der Waals surface area contributed by atoms with Gasteiger partial charge >= 0.3 is 0 Å². The molecule has 2 atom stereocenters. The van der Waals surface area contributed by atoms with Crippen LogP contribution in [0.4, 0.5) is 0 Å². The zero-order chi connectivity index (χ0) is 12.1. The number of hydrogen-bond donors (Lipinski definition) is 1. The van der Waals surface area contributed by atoms with Gasteiger partial charge in [0.2, 0.25) is 0 Å². The standard InChI is InChI=1S/C15H23NO/c1-12-8-13(2)10-15(9-12)16-17-11-14-6-4-3-5-7-14/h3-7,12-13,15-16H,8-11H2,1-2H3. The Morgan fingerprint density at radius 1 is 1.06 bits per heavy atom. The summed E-state index contributed by atoms with van der Waals surface area (Å²) in [5.41, 5.74) is 4.45. The van der Waals surface area contributed by atoms with E-state index in [0.717, 1.165) is 11.8 Å². The van der Waals surface area contributed by atoms with Crippen molar-refractivity contribution in [3.8, 4) is 0 Å². The van der Waals surface area contributed by atoms with Crippen LogP contribution in [0.5, 0.6) is 0 Å². The minimum absolute atomic E-state index is 0.525. The van der Waals surface area contributed by atoms with Gasteiger partial charge in [-0.1, -0.05) is 44.2 Å². The summed E-state index contributed by atoms with van der Waals surface area (Å²) in [5.74, 6) is 1.63. The molecular formula is C15H23NO. The molecule has 1 aromatic carbocycles. The molecule has 0 radical (unpaired) electrons. The zero-order valence-electron chi connectivity index (χ0n) is 10.9. The fraction of sp³-hybridized carbons (Fsp3) is 0.600. The van der Waals surface area contributed by atoms with Gasteiger partial charge in [0.15, 0.2) is 0 Å². The van der Waals surface area contributed by atoms with Crippen LogP contribution < -0.4 is 5.48 Å². The van der Waals surface area contributed by atoms with Crippen molar-refractivity contribution in [1.29, 1.82) is 0 Å². The molecule has 17 heavy (non-hydrogen) atoms. The van der Waals surface area contributed by atoms with E-state index in [1.807, 2.05) is 18.2 Å². The molecule has 2 heteroatoms. The zero-order valence-corrected chi connectivity index (χ0v) is 10.9. The Bertz CT molecular complexity index is 315. The summed E-state index contributed by atoms with van der Waals surface area (Å²) in [4.78, 5) is 5.61. The van der Waals surface area contributed by atoms with Crippen LogP contribution in [0.3, 0.4) is 0 Å². The van der Waals surface area contributed by atoms with Gasteiger partial charge < -0.3 is 0 Å². The third-order valence-corrected chi connectivity index (χ3v) is 3.51. The maximum Gasteiger partial charge on any atom is 0.0933 e. The Morgan fingerprint density at radius 3 is 2.35 bits per heavy atom. The number of rotatable bonds is 4. The molecule has 1 aliphatic rings. The van der Waals surface area contributed by atoms with Crippen LogP contribution in [0.2, 0.25) is 0 Å². The summed E-state index contributed by atoms with van der Waals surface area (Å²) in [7, 11) is 0. The molecule has 0 saturated heterocycles. The highest BCUT2D eigenvalue weighted by molar-refractivity contribution is 5.13. The average molecular weight is 233 g/mol. The van der Waals surface area contributed by atoms with E-state index in [0.29, 0.717) is 12.6 Å². The molecule has 1 N–H and O–H groups in total. The first-order valence-electron chi connectivity index (χ1n) is 6.65. The first kappa shape index (κ1) is 12.6. The molecule has 2 nitrogen and oxygen atoms in total. The lowest BCUT2D eigenvalue weighted by atomic mass is 9.81. The van der Waals surface area contributed by atoms with E-state index in [1.165, 1.54) is 24.8 Å². The Morgan fingerprint density at radius 2 is 1.71 bits per heavy atom. The molecular weight excluding hydrogens is 210 g/mol. The van der Waals surface area contributed by atoms with Gasteiger partial charge in [-0.3, -0.25) is 4.84 Å². The second-order valence-electron chi connectivity index (χ2n) is 5.51. The van der Waals surface area contributed by atoms with Crippen molar-refractivity contribution in [2.75, 3.05) is 0 Å². The van der Waals surface area contributed by atoms with Crippen LogP contribution in [0.1, 0.15) is 38.7 Å².